The van der Waals surface area contributed by atoms with E-state index in [4.69, 9.17) is 9.47 Å². The molecular weight excluding hydrogens is 320 g/mol. The van der Waals surface area contributed by atoms with E-state index in [1.165, 1.54) is 7.11 Å². The number of ether oxygens (including phenoxy) is 2. The number of H-pyrrole nitrogens is 1. The number of carbonyl (C=O) groups excluding carboxylic acids is 1. The summed E-state index contributed by atoms with van der Waals surface area (Å²) in [4.78, 5) is 19.9. The van der Waals surface area contributed by atoms with Crippen molar-refractivity contribution in [1.29, 1.82) is 0 Å². The van der Waals surface area contributed by atoms with E-state index in [2.05, 4.69) is 20.5 Å². The van der Waals surface area contributed by atoms with Crippen molar-refractivity contribution < 1.29 is 14.3 Å². The van der Waals surface area contributed by atoms with Crippen LogP contribution in [0.5, 0.6) is 11.5 Å². The molecule has 0 aliphatic carbocycles. The van der Waals surface area contributed by atoms with Gasteiger partial charge in [-0.15, -0.1) is 0 Å². The first-order valence-corrected chi connectivity index (χ1v) is 7.64. The topological polar surface area (TPSA) is 88.6 Å². The largest absolute Gasteiger partial charge is 0.493 e. The van der Waals surface area contributed by atoms with Crippen molar-refractivity contribution in [2.45, 2.75) is 6.92 Å². The van der Waals surface area contributed by atoms with Crippen molar-refractivity contribution >= 4 is 22.7 Å². The van der Waals surface area contributed by atoms with E-state index in [0.29, 0.717) is 28.6 Å². The number of hydrogen-bond acceptors (Lipinski definition) is 5. The van der Waals surface area contributed by atoms with Crippen LogP contribution in [0.3, 0.4) is 0 Å². The summed E-state index contributed by atoms with van der Waals surface area (Å²) >= 11 is 0. The molecule has 2 N–H and O–H groups in total. The summed E-state index contributed by atoms with van der Waals surface area (Å²) in [5, 5.41) is 4.12. The minimum absolute atomic E-state index is 0.351. The molecule has 0 spiro atoms. The number of fused-ring (bicyclic) bond motifs is 1. The maximum atomic E-state index is 12.3. The predicted octanol–water partition coefficient (Wildman–Crippen LogP) is 2.73. The van der Waals surface area contributed by atoms with Crippen LogP contribution in [0.4, 0.5) is 0 Å². The zero-order chi connectivity index (χ0) is 17.8. The third kappa shape index (κ3) is 3.45. The van der Waals surface area contributed by atoms with Crippen molar-refractivity contribution in [2.24, 2.45) is 5.10 Å². The number of nitrogens with zero attached hydrogens (tertiary/aromatic N) is 2. The molecule has 1 aromatic heterocycles. The highest BCUT2D eigenvalue weighted by atomic mass is 16.5. The third-order valence-corrected chi connectivity index (χ3v) is 3.70. The molecule has 3 rings (SSSR count). The molecule has 0 radical (unpaired) electrons. The number of para-hydroxylation sites is 2. The van der Waals surface area contributed by atoms with Crippen LogP contribution < -0.4 is 14.9 Å². The molecule has 7 nitrogen and oxygen atoms in total. The molecular formula is C18H18N4O3. The second-order valence-electron chi connectivity index (χ2n) is 5.31. The van der Waals surface area contributed by atoms with Gasteiger partial charge in [0.1, 0.15) is 5.71 Å². The van der Waals surface area contributed by atoms with Crippen molar-refractivity contribution in [3.63, 3.8) is 0 Å². The van der Waals surface area contributed by atoms with Crippen LogP contribution in [0.25, 0.3) is 11.0 Å². The van der Waals surface area contributed by atoms with Gasteiger partial charge in [-0.25, -0.2) is 10.4 Å². The quantitative estimate of drug-likeness (QED) is 0.553. The molecule has 1 heterocycles. The number of hydrogen-bond donors (Lipinski definition) is 2. The molecule has 0 bridgehead atoms. The number of benzene rings is 2. The first-order valence-electron chi connectivity index (χ1n) is 7.64. The standard InChI is InChI=1S/C18H18N4O3/c1-11(17-19-13-6-4-5-7-14(13)20-17)21-22-18(23)12-8-9-15(24-2)16(10-12)25-3/h4-10H,1-3H3,(H,19,20)(H,22,23)/b21-11-. The average Bonchev–Trinajstić information content (AvgIpc) is 3.09. The zero-order valence-electron chi connectivity index (χ0n) is 14.2. The van der Waals surface area contributed by atoms with Crippen molar-refractivity contribution in [3.8, 4) is 11.5 Å². The molecule has 1 amide bonds. The van der Waals surface area contributed by atoms with E-state index in [-0.39, 0.29) is 5.91 Å². The number of aromatic nitrogens is 2. The van der Waals surface area contributed by atoms with Crippen LogP contribution >= 0.6 is 0 Å². The highest BCUT2D eigenvalue weighted by Gasteiger charge is 2.11. The van der Waals surface area contributed by atoms with Crippen LogP contribution in [0.15, 0.2) is 47.6 Å². The van der Waals surface area contributed by atoms with Gasteiger partial charge in [0.15, 0.2) is 17.3 Å². The number of imidazole rings is 1. The van der Waals surface area contributed by atoms with Gasteiger partial charge in [0.2, 0.25) is 0 Å². The van der Waals surface area contributed by atoms with Crippen LogP contribution in [-0.4, -0.2) is 35.8 Å². The molecule has 7 heteroatoms. The van der Waals surface area contributed by atoms with Crippen molar-refractivity contribution in [3.05, 3.63) is 53.9 Å². The van der Waals surface area contributed by atoms with Crippen LogP contribution in [0.2, 0.25) is 0 Å². The van der Waals surface area contributed by atoms with Crippen molar-refractivity contribution in [1.82, 2.24) is 15.4 Å². The predicted molar refractivity (Wildman–Crippen MR) is 95.3 cm³/mol. The van der Waals surface area contributed by atoms with E-state index in [1.807, 2.05) is 24.3 Å². The number of rotatable bonds is 5. The Morgan fingerprint density at radius 2 is 1.88 bits per heavy atom. The highest BCUT2D eigenvalue weighted by molar-refractivity contribution is 6.00. The molecule has 0 atom stereocenters. The maximum Gasteiger partial charge on any atom is 0.271 e. The smallest absolute Gasteiger partial charge is 0.271 e. The van der Waals surface area contributed by atoms with Crippen molar-refractivity contribution in [2.75, 3.05) is 14.2 Å². The van der Waals surface area contributed by atoms with Gasteiger partial charge in [-0.1, -0.05) is 12.1 Å². The fraction of sp³-hybridized carbons (Fsp3) is 0.167. The van der Waals surface area contributed by atoms with Crippen LogP contribution in [0, 0.1) is 0 Å². The van der Waals surface area contributed by atoms with E-state index >= 15 is 0 Å². The van der Waals surface area contributed by atoms with Crippen LogP contribution in [0.1, 0.15) is 23.1 Å². The van der Waals surface area contributed by atoms with Gasteiger partial charge in [-0.05, 0) is 37.3 Å². The molecule has 3 aromatic rings. The third-order valence-electron chi connectivity index (χ3n) is 3.70. The fourth-order valence-electron chi connectivity index (χ4n) is 2.35. The van der Waals surface area contributed by atoms with E-state index in [1.54, 1.807) is 32.2 Å². The molecule has 0 saturated heterocycles. The molecule has 0 saturated carbocycles. The monoisotopic (exact) mass is 338 g/mol. The Hall–Kier alpha value is -3.35. The Morgan fingerprint density at radius 1 is 1.12 bits per heavy atom. The molecule has 25 heavy (non-hydrogen) atoms. The van der Waals surface area contributed by atoms with Crippen LogP contribution in [-0.2, 0) is 0 Å². The molecule has 0 aliphatic heterocycles. The number of amides is 1. The summed E-state index contributed by atoms with van der Waals surface area (Å²) < 4.78 is 10.4. The van der Waals surface area contributed by atoms with Gasteiger partial charge >= 0.3 is 0 Å². The Balaban J connectivity index is 1.77. The molecule has 0 fully saturated rings. The lowest BCUT2D eigenvalue weighted by molar-refractivity contribution is 0.0954. The van der Waals surface area contributed by atoms with Gasteiger partial charge in [-0.3, -0.25) is 4.79 Å². The molecule has 0 aliphatic rings. The van der Waals surface area contributed by atoms with Gasteiger partial charge in [0, 0.05) is 5.56 Å². The number of methoxy groups -OCH3 is 2. The van der Waals surface area contributed by atoms with Gasteiger partial charge < -0.3 is 14.5 Å². The van der Waals surface area contributed by atoms with Gasteiger partial charge in [-0.2, -0.15) is 5.10 Å². The Morgan fingerprint density at radius 3 is 2.60 bits per heavy atom. The van der Waals surface area contributed by atoms with E-state index < -0.39 is 0 Å². The second-order valence-corrected chi connectivity index (χ2v) is 5.31. The Bertz CT molecular complexity index is 913. The number of carbonyl (C=O) groups is 1. The van der Waals surface area contributed by atoms with Gasteiger partial charge in [0.25, 0.3) is 5.91 Å². The Labute approximate surface area is 144 Å². The lowest BCUT2D eigenvalue weighted by Crippen LogP contribution is -2.19. The SMILES string of the molecule is COc1ccc(C(=O)N/N=C(/C)c2nc3ccccc3[nH]2)cc1OC. The fourth-order valence-corrected chi connectivity index (χ4v) is 2.35. The average molecular weight is 338 g/mol. The molecule has 128 valence electrons. The first kappa shape index (κ1) is 16.5. The minimum Gasteiger partial charge on any atom is -0.493 e. The summed E-state index contributed by atoms with van der Waals surface area (Å²) in [6, 6.07) is 12.6. The second kappa shape index (κ2) is 7.04. The summed E-state index contributed by atoms with van der Waals surface area (Å²) in [6.07, 6.45) is 0. The Kier molecular flexibility index (Phi) is 4.65. The van der Waals surface area contributed by atoms with E-state index in [0.717, 1.165) is 11.0 Å². The summed E-state index contributed by atoms with van der Waals surface area (Å²) in [5.41, 5.74) is 5.27. The summed E-state index contributed by atoms with van der Waals surface area (Å²) in [7, 11) is 3.06. The highest BCUT2D eigenvalue weighted by Crippen LogP contribution is 2.27. The van der Waals surface area contributed by atoms with Gasteiger partial charge in [0.05, 0.1) is 25.3 Å². The number of nitrogens with one attached hydrogen (secondary N) is 2. The summed E-state index contributed by atoms with van der Waals surface area (Å²) in [5.74, 6) is 1.29. The number of hydrazone groups is 1. The minimum atomic E-state index is -0.351. The molecule has 2 aromatic carbocycles. The lowest BCUT2D eigenvalue weighted by atomic mass is 10.2. The normalized spacial score (nSPS) is 11.4. The summed E-state index contributed by atoms with van der Waals surface area (Å²) in [6.45, 7) is 1.77. The first-order chi connectivity index (χ1) is 12.1. The lowest BCUT2D eigenvalue weighted by Gasteiger charge is -2.08. The number of aromatic amines is 1. The maximum absolute atomic E-state index is 12.3. The molecule has 0 unspecified atom stereocenters. The zero-order valence-corrected chi connectivity index (χ0v) is 14.2. The van der Waals surface area contributed by atoms with E-state index in [9.17, 15) is 4.79 Å².